The van der Waals surface area contributed by atoms with E-state index in [1.54, 1.807) is 0 Å². The first-order chi connectivity index (χ1) is 6.02. The normalized spacial score (nSPS) is 9.62. The Morgan fingerprint density at radius 2 is 1.85 bits per heavy atom. The molecule has 0 aliphatic heterocycles. The molecule has 13 heavy (non-hydrogen) atoms. The third-order valence-electron chi connectivity index (χ3n) is 1.29. The maximum atomic E-state index is 10.5. The molecule has 0 saturated carbocycles. The Morgan fingerprint density at radius 1 is 1.23 bits per heavy atom. The molecule has 0 aliphatic rings. The quantitative estimate of drug-likeness (QED) is 0.766. The van der Waals surface area contributed by atoms with Crippen molar-refractivity contribution in [3.63, 3.8) is 0 Å². The van der Waals surface area contributed by atoms with Crippen molar-refractivity contribution in [2.75, 3.05) is 0 Å². The third kappa shape index (κ3) is 2.03. The minimum Gasteiger partial charge on any atom is -0.478 e. The molecule has 0 atom stereocenters. The Morgan fingerprint density at radius 3 is 2.31 bits per heavy atom. The van der Waals surface area contributed by atoms with Crippen LogP contribution in [0.4, 0.5) is 0 Å². The van der Waals surface area contributed by atoms with Crippen LogP contribution in [0.15, 0.2) is 16.7 Å². The van der Waals surface area contributed by atoms with Gasteiger partial charge in [0.05, 0.1) is 5.56 Å². The molecule has 0 aliphatic carbocycles. The van der Waals surface area contributed by atoms with E-state index < -0.39 is 17.6 Å². The Labute approximate surface area is 81.2 Å². The fourth-order valence-corrected chi connectivity index (χ4v) is 1.08. The summed E-state index contributed by atoms with van der Waals surface area (Å²) in [7, 11) is 0. The number of hydrogen-bond donors (Lipinski definition) is 2. The lowest BCUT2D eigenvalue weighted by molar-refractivity contribution is 0.0646. The van der Waals surface area contributed by atoms with Gasteiger partial charge < -0.3 is 10.2 Å². The highest BCUT2D eigenvalue weighted by Crippen LogP contribution is 2.12. The highest BCUT2D eigenvalue weighted by atomic mass is 79.9. The molecule has 0 radical (unpaired) electrons. The number of rotatable bonds is 2. The second kappa shape index (κ2) is 3.53. The van der Waals surface area contributed by atoms with Crippen LogP contribution < -0.4 is 0 Å². The van der Waals surface area contributed by atoms with Gasteiger partial charge in [-0.25, -0.2) is 14.6 Å². The molecule has 0 unspecified atom stereocenters. The second-order valence-electron chi connectivity index (χ2n) is 2.14. The summed E-state index contributed by atoms with van der Waals surface area (Å²) in [5.74, 6) is -2.67. The molecule has 2 N–H and O–H groups in total. The van der Waals surface area contributed by atoms with E-state index in [4.69, 9.17) is 10.2 Å². The van der Waals surface area contributed by atoms with Crippen LogP contribution in [0.3, 0.4) is 0 Å². The Bertz CT molecular complexity index is 377. The summed E-state index contributed by atoms with van der Waals surface area (Å²) in [5, 5.41) is 17.2. The second-order valence-corrected chi connectivity index (χ2v) is 2.95. The lowest BCUT2D eigenvalue weighted by Crippen LogP contribution is -2.10. The standard InChI is InChI=1S/C7H4BrNO4/c8-4-2-1-3(6(10)11)5(9-4)7(12)13/h1-2H,(H,10,11)(H,12,13). The van der Waals surface area contributed by atoms with Crippen molar-refractivity contribution in [3.05, 3.63) is 28.0 Å². The molecule has 0 saturated heterocycles. The van der Waals surface area contributed by atoms with E-state index >= 15 is 0 Å². The van der Waals surface area contributed by atoms with Gasteiger partial charge in [-0.3, -0.25) is 0 Å². The summed E-state index contributed by atoms with van der Waals surface area (Å²) >= 11 is 2.95. The molecule has 0 spiro atoms. The molecule has 0 fully saturated rings. The topological polar surface area (TPSA) is 87.5 Å². The van der Waals surface area contributed by atoms with Gasteiger partial charge in [0.25, 0.3) is 0 Å². The van der Waals surface area contributed by atoms with Crippen LogP contribution in [0.25, 0.3) is 0 Å². The number of carbonyl (C=O) groups is 2. The number of pyridine rings is 1. The highest BCUT2D eigenvalue weighted by molar-refractivity contribution is 9.10. The van der Waals surface area contributed by atoms with Crippen molar-refractivity contribution in [2.45, 2.75) is 0 Å². The van der Waals surface area contributed by atoms with Crippen LogP contribution in [0.5, 0.6) is 0 Å². The maximum absolute atomic E-state index is 10.5. The van der Waals surface area contributed by atoms with Crippen LogP contribution in [-0.2, 0) is 0 Å². The SMILES string of the molecule is O=C(O)c1ccc(Br)nc1C(=O)O. The van der Waals surface area contributed by atoms with Crippen molar-refractivity contribution < 1.29 is 19.8 Å². The zero-order valence-corrected chi connectivity index (χ0v) is 7.78. The van der Waals surface area contributed by atoms with Crippen LogP contribution in [0.2, 0.25) is 0 Å². The third-order valence-corrected chi connectivity index (χ3v) is 1.74. The van der Waals surface area contributed by atoms with E-state index in [0.717, 1.165) is 0 Å². The van der Waals surface area contributed by atoms with Crippen molar-refractivity contribution in [1.82, 2.24) is 4.98 Å². The molecular weight excluding hydrogens is 242 g/mol. The van der Waals surface area contributed by atoms with Crippen LogP contribution in [0, 0.1) is 0 Å². The zero-order valence-electron chi connectivity index (χ0n) is 6.19. The van der Waals surface area contributed by atoms with E-state index in [0.29, 0.717) is 0 Å². The van der Waals surface area contributed by atoms with Crippen LogP contribution in [0.1, 0.15) is 20.8 Å². The zero-order chi connectivity index (χ0) is 10.0. The Hall–Kier alpha value is -1.43. The van der Waals surface area contributed by atoms with Gasteiger partial charge in [-0.2, -0.15) is 0 Å². The summed E-state index contributed by atoms with van der Waals surface area (Å²) in [6.45, 7) is 0. The molecule has 6 heteroatoms. The molecule has 1 aromatic rings. The number of nitrogens with zero attached hydrogens (tertiary/aromatic N) is 1. The van der Waals surface area contributed by atoms with Gasteiger partial charge in [0, 0.05) is 0 Å². The van der Waals surface area contributed by atoms with E-state index in [1.165, 1.54) is 12.1 Å². The lowest BCUT2D eigenvalue weighted by Gasteiger charge is -1.99. The van der Waals surface area contributed by atoms with Crippen molar-refractivity contribution >= 4 is 27.9 Å². The number of carboxylic acids is 2. The first-order valence-corrected chi connectivity index (χ1v) is 3.95. The van der Waals surface area contributed by atoms with Crippen LogP contribution >= 0.6 is 15.9 Å². The van der Waals surface area contributed by atoms with E-state index in [2.05, 4.69) is 20.9 Å². The molecule has 0 aromatic carbocycles. The average Bonchev–Trinajstić information content (AvgIpc) is 2.03. The average molecular weight is 246 g/mol. The van der Waals surface area contributed by atoms with Gasteiger partial charge in [0.1, 0.15) is 4.60 Å². The van der Waals surface area contributed by atoms with Crippen molar-refractivity contribution in [1.29, 1.82) is 0 Å². The minimum absolute atomic E-state index is 0.287. The maximum Gasteiger partial charge on any atom is 0.355 e. The summed E-state index contributed by atoms with van der Waals surface area (Å²) < 4.78 is 0.287. The summed E-state index contributed by atoms with van der Waals surface area (Å²) in [4.78, 5) is 24.6. The van der Waals surface area contributed by atoms with Gasteiger partial charge in [0.15, 0.2) is 5.69 Å². The number of halogens is 1. The molecule has 5 nitrogen and oxygen atoms in total. The minimum atomic E-state index is -1.36. The molecule has 0 amide bonds. The monoisotopic (exact) mass is 245 g/mol. The lowest BCUT2D eigenvalue weighted by atomic mass is 10.2. The van der Waals surface area contributed by atoms with Gasteiger partial charge in [-0.05, 0) is 28.1 Å². The van der Waals surface area contributed by atoms with Gasteiger partial charge in [-0.1, -0.05) is 0 Å². The molecule has 1 heterocycles. The molecule has 0 bridgehead atoms. The Kier molecular flexibility index (Phi) is 2.62. The molecule has 1 aromatic heterocycles. The van der Waals surface area contributed by atoms with E-state index in [-0.39, 0.29) is 10.2 Å². The summed E-state index contributed by atoms with van der Waals surface area (Å²) in [6.07, 6.45) is 0. The first-order valence-electron chi connectivity index (χ1n) is 3.15. The fourth-order valence-electron chi connectivity index (χ4n) is 0.771. The van der Waals surface area contributed by atoms with Gasteiger partial charge >= 0.3 is 11.9 Å². The van der Waals surface area contributed by atoms with Gasteiger partial charge in [0.2, 0.25) is 0 Å². The summed E-state index contributed by atoms with van der Waals surface area (Å²) in [5.41, 5.74) is -0.794. The van der Waals surface area contributed by atoms with E-state index in [9.17, 15) is 9.59 Å². The fraction of sp³-hybridized carbons (Fsp3) is 0. The van der Waals surface area contributed by atoms with Crippen molar-refractivity contribution in [3.8, 4) is 0 Å². The highest BCUT2D eigenvalue weighted by Gasteiger charge is 2.17. The summed E-state index contributed by atoms with van der Waals surface area (Å²) in [6, 6.07) is 2.55. The van der Waals surface area contributed by atoms with Gasteiger partial charge in [-0.15, -0.1) is 0 Å². The first kappa shape index (κ1) is 9.66. The van der Waals surface area contributed by atoms with Crippen molar-refractivity contribution in [2.24, 2.45) is 0 Å². The Balaban J connectivity index is 3.35. The number of aromatic carboxylic acids is 2. The molecular formula is C7H4BrNO4. The van der Waals surface area contributed by atoms with E-state index in [1.807, 2.05) is 0 Å². The largest absolute Gasteiger partial charge is 0.478 e. The number of hydrogen-bond acceptors (Lipinski definition) is 3. The predicted molar refractivity (Wildman–Crippen MR) is 45.9 cm³/mol. The predicted octanol–water partition coefficient (Wildman–Crippen LogP) is 1.24. The molecule has 1 rings (SSSR count). The molecule has 68 valence electrons. The number of carboxylic acid groups (broad SMARTS) is 2. The smallest absolute Gasteiger partial charge is 0.355 e. The number of aromatic nitrogens is 1. The van der Waals surface area contributed by atoms with Crippen LogP contribution in [-0.4, -0.2) is 27.1 Å².